The Morgan fingerprint density at radius 1 is 1.06 bits per heavy atom. The second-order valence-corrected chi connectivity index (χ2v) is 4.70. The number of Topliss-reactive ketones (excluding diaryl/α,β-unsaturated/α-hetero) is 1. The molecule has 0 saturated carbocycles. The molecule has 0 radical (unpaired) electrons. The lowest BCUT2D eigenvalue weighted by Gasteiger charge is -2.16. The Hall–Kier alpha value is -1.04. The number of unbranched alkanes of at least 4 members (excludes halogenated alkanes) is 3. The molecule has 1 atom stereocenters. The molecule has 0 heterocycles. The van der Waals surface area contributed by atoms with Gasteiger partial charge in [-0.15, -0.1) is 0 Å². The van der Waals surface area contributed by atoms with Crippen LogP contribution in [0, 0.1) is 5.92 Å². The average molecular weight is 260 g/mol. The first-order valence-corrected chi connectivity index (χ1v) is 6.85. The monoisotopic (exact) mass is 260 g/mol. The zero-order valence-electron chi connectivity index (χ0n) is 9.77. The van der Waals surface area contributed by atoms with E-state index in [2.05, 4.69) is 0 Å². The van der Waals surface area contributed by atoms with E-state index in [0.717, 1.165) is 25.0 Å². The molecule has 17 heavy (non-hydrogen) atoms. The molecular weight excluding hydrogens is 244 g/mol. The van der Waals surface area contributed by atoms with E-state index in [0.29, 0.717) is 6.42 Å². The topological polar surface area (TPSA) is 97.3 Å². The third-order valence-corrected chi connectivity index (χ3v) is 3.09. The van der Waals surface area contributed by atoms with Crippen LogP contribution >= 0.6 is 11.8 Å². The first kappa shape index (κ1) is 16.0. The Morgan fingerprint density at radius 2 is 1.65 bits per heavy atom. The van der Waals surface area contributed by atoms with E-state index in [4.69, 9.17) is 0 Å². The normalized spacial score (nSPS) is 12.1. The Bertz CT molecular complexity index is 277. The highest BCUT2D eigenvalue weighted by Crippen LogP contribution is 2.12. The molecule has 0 N–H and O–H groups in total. The van der Waals surface area contributed by atoms with Crippen molar-refractivity contribution in [3.63, 3.8) is 0 Å². The van der Waals surface area contributed by atoms with E-state index in [1.807, 2.05) is 6.26 Å². The maximum atomic E-state index is 11.0. The van der Waals surface area contributed by atoms with Crippen LogP contribution in [0.4, 0.5) is 0 Å². The number of carbonyl (C=O) groups excluding carboxylic acids is 3. The van der Waals surface area contributed by atoms with Crippen molar-refractivity contribution < 1.29 is 24.6 Å². The molecule has 0 rings (SSSR count). The number of hydrogen-bond donors (Lipinski definition) is 0. The molecule has 0 bridgehead atoms. The quantitative estimate of drug-likeness (QED) is 0.283. The SMILES string of the molecule is CSCCCCCCC(C(=O)[O-])C(=O)C(=O)[O-]. The highest BCUT2D eigenvalue weighted by Gasteiger charge is 2.19. The van der Waals surface area contributed by atoms with Crippen LogP contribution in [-0.4, -0.2) is 29.7 Å². The Kier molecular flexibility index (Phi) is 8.49. The minimum absolute atomic E-state index is 0.00835. The Labute approximate surface area is 105 Å². The van der Waals surface area contributed by atoms with Gasteiger partial charge in [0, 0.05) is 0 Å². The molecule has 0 fully saturated rings. The standard InChI is InChI=1S/C11H18O5S/c1-17-7-5-3-2-4-6-8(10(13)14)9(12)11(15)16/h8H,2-7H2,1H3,(H,13,14)(H,15,16)/p-2. The summed E-state index contributed by atoms with van der Waals surface area (Å²) in [7, 11) is 0. The Morgan fingerprint density at radius 3 is 2.12 bits per heavy atom. The second-order valence-electron chi connectivity index (χ2n) is 3.72. The van der Waals surface area contributed by atoms with E-state index in [9.17, 15) is 24.6 Å². The lowest BCUT2D eigenvalue weighted by molar-refractivity contribution is -0.314. The average Bonchev–Trinajstić information content (AvgIpc) is 2.26. The summed E-state index contributed by atoms with van der Waals surface area (Å²) in [6.07, 6.45) is 5.28. The van der Waals surface area contributed by atoms with E-state index >= 15 is 0 Å². The van der Waals surface area contributed by atoms with Crippen molar-refractivity contribution in [1.29, 1.82) is 0 Å². The van der Waals surface area contributed by atoms with Gasteiger partial charge in [0.25, 0.3) is 0 Å². The van der Waals surface area contributed by atoms with Gasteiger partial charge in [0.2, 0.25) is 0 Å². The molecule has 0 aliphatic carbocycles. The smallest absolute Gasteiger partial charge is 0.186 e. The van der Waals surface area contributed by atoms with Crippen LogP contribution in [0.1, 0.15) is 32.1 Å². The van der Waals surface area contributed by atoms with Crippen LogP contribution in [0.3, 0.4) is 0 Å². The maximum absolute atomic E-state index is 11.0. The fraction of sp³-hybridized carbons (Fsp3) is 0.727. The summed E-state index contributed by atoms with van der Waals surface area (Å²) in [5.74, 6) is -5.51. The molecule has 0 amide bonds. The first-order chi connectivity index (χ1) is 8.00. The van der Waals surface area contributed by atoms with Gasteiger partial charge >= 0.3 is 0 Å². The molecular formula is C11H16O5S-2. The predicted octanol–water partition coefficient (Wildman–Crippen LogP) is -1.01. The summed E-state index contributed by atoms with van der Waals surface area (Å²) in [5, 5.41) is 20.8. The predicted molar refractivity (Wildman–Crippen MR) is 60.0 cm³/mol. The molecule has 0 aromatic carbocycles. The van der Waals surface area contributed by atoms with Crippen molar-refractivity contribution in [3.8, 4) is 0 Å². The number of carbonyl (C=O) groups is 3. The highest BCUT2D eigenvalue weighted by atomic mass is 32.2. The lowest BCUT2D eigenvalue weighted by Crippen LogP contribution is -2.44. The molecule has 1 unspecified atom stereocenters. The van der Waals surface area contributed by atoms with Crippen LogP contribution in [0.5, 0.6) is 0 Å². The lowest BCUT2D eigenvalue weighted by atomic mass is 9.96. The summed E-state index contributed by atoms with van der Waals surface area (Å²) >= 11 is 1.74. The fourth-order valence-corrected chi connectivity index (χ4v) is 1.94. The third-order valence-electron chi connectivity index (χ3n) is 2.39. The summed E-state index contributed by atoms with van der Waals surface area (Å²) in [4.78, 5) is 31.8. The second kappa shape index (κ2) is 9.04. The summed E-state index contributed by atoms with van der Waals surface area (Å²) in [6.45, 7) is 0. The number of hydrogen-bond acceptors (Lipinski definition) is 6. The van der Waals surface area contributed by atoms with Crippen LogP contribution < -0.4 is 10.2 Å². The van der Waals surface area contributed by atoms with Crippen molar-refractivity contribution in [2.45, 2.75) is 32.1 Å². The number of carboxylic acids is 2. The molecule has 5 nitrogen and oxygen atoms in total. The molecule has 6 heteroatoms. The molecule has 0 aliphatic heterocycles. The summed E-state index contributed by atoms with van der Waals surface area (Å²) < 4.78 is 0. The van der Waals surface area contributed by atoms with Crippen LogP contribution in [0.15, 0.2) is 0 Å². The van der Waals surface area contributed by atoms with Gasteiger partial charge in [-0.1, -0.05) is 19.3 Å². The van der Waals surface area contributed by atoms with Gasteiger partial charge in [-0.25, -0.2) is 0 Å². The van der Waals surface area contributed by atoms with E-state index < -0.39 is 23.6 Å². The Balaban J connectivity index is 3.91. The van der Waals surface area contributed by atoms with E-state index in [-0.39, 0.29) is 6.42 Å². The van der Waals surface area contributed by atoms with Gasteiger partial charge in [0.15, 0.2) is 5.78 Å². The van der Waals surface area contributed by atoms with Gasteiger partial charge in [-0.2, -0.15) is 11.8 Å². The molecule has 0 saturated heterocycles. The third kappa shape index (κ3) is 6.99. The van der Waals surface area contributed by atoms with E-state index in [1.165, 1.54) is 0 Å². The zero-order valence-corrected chi connectivity index (χ0v) is 10.6. The van der Waals surface area contributed by atoms with Crippen LogP contribution in [-0.2, 0) is 14.4 Å². The molecule has 0 aromatic heterocycles. The van der Waals surface area contributed by atoms with Crippen LogP contribution in [0.25, 0.3) is 0 Å². The van der Waals surface area contributed by atoms with E-state index in [1.54, 1.807) is 11.8 Å². The molecule has 0 aliphatic rings. The molecule has 0 aromatic rings. The van der Waals surface area contributed by atoms with Crippen molar-refractivity contribution in [2.75, 3.05) is 12.0 Å². The summed E-state index contributed by atoms with van der Waals surface area (Å²) in [5.41, 5.74) is 0. The highest BCUT2D eigenvalue weighted by molar-refractivity contribution is 7.98. The van der Waals surface area contributed by atoms with Gasteiger partial charge in [-0.05, 0) is 24.9 Å². The fourth-order valence-electron chi connectivity index (χ4n) is 1.45. The van der Waals surface area contributed by atoms with Crippen molar-refractivity contribution in [3.05, 3.63) is 0 Å². The van der Waals surface area contributed by atoms with Gasteiger partial charge in [0.1, 0.15) is 5.97 Å². The minimum Gasteiger partial charge on any atom is -0.549 e. The van der Waals surface area contributed by atoms with Crippen molar-refractivity contribution >= 4 is 29.5 Å². The van der Waals surface area contributed by atoms with Gasteiger partial charge in [0.05, 0.1) is 11.9 Å². The number of carboxylic acid groups (broad SMARTS) is 2. The zero-order chi connectivity index (χ0) is 13.3. The number of aliphatic carboxylic acids is 2. The van der Waals surface area contributed by atoms with Gasteiger partial charge < -0.3 is 19.8 Å². The molecule has 0 spiro atoms. The number of thioether (sulfide) groups is 1. The maximum Gasteiger partial charge on any atom is 0.186 e. The largest absolute Gasteiger partial charge is 0.549 e. The number of rotatable bonds is 10. The summed E-state index contributed by atoms with van der Waals surface area (Å²) in [6, 6.07) is 0. The van der Waals surface area contributed by atoms with Crippen molar-refractivity contribution in [1.82, 2.24) is 0 Å². The first-order valence-electron chi connectivity index (χ1n) is 5.45. The van der Waals surface area contributed by atoms with Crippen LogP contribution in [0.2, 0.25) is 0 Å². The van der Waals surface area contributed by atoms with Gasteiger partial charge in [-0.3, -0.25) is 4.79 Å². The minimum atomic E-state index is -1.96. The molecule has 98 valence electrons. The number of ketones is 1. The van der Waals surface area contributed by atoms with Crippen molar-refractivity contribution in [2.24, 2.45) is 5.92 Å².